The Morgan fingerprint density at radius 1 is 1.78 bits per heavy atom. The molecular weight excluding hydrogens is 116 g/mol. The predicted octanol–water partition coefficient (Wildman–Crippen LogP) is 1.29. The van der Waals surface area contributed by atoms with Crippen LogP contribution in [0.3, 0.4) is 0 Å². The van der Waals surface area contributed by atoms with Gasteiger partial charge in [0.05, 0.1) is 0 Å². The molecule has 0 aliphatic carbocycles. The van der Waals surface area contributed by atoms with Crippen LogP contribution in [0.15, 0.2) is 24.8 Å². The first-order chi connectivity index (χ1) is 4.31. The third kappa shape index (κ3) is 4.81. The van der Waals surface area contributed by atoms with E-state index in [-0.39, 0.29) is 5.97 Å². The van der Waals surface area contributed by atoms with Crippen LogP contribution in [0.2, 0.25) is 0 Å². The smallest absolute Gasteiger partial charge is 0.330 e. The van der Waals surface area contributed by atoms with E-state index >= 15 is 0 Å². The lowest BCUT2D eigenvalue weighted by Gasteiger charge is -1.93. The third-order valence-corrected chi connectivity index (χ3v) is 0.724. The van der Waals surface area contributed by atoms with Crippen LogP contribution in [-0.2, 0) is 9.53 Å². The van der Waals surface area contributed by atoms with Gasteiger partial charge in [0.2, 0.25) is 0 Å². The standard InChI is InChI=1S/C7H10O2/c1-3-5-6-9-7(8)4-2/h3-5H,2,6H2,1H3/b5-3+. The van der Waals surface area contributed by atoms with Crippen molar-refractivity contribution in [1.82, 2.24) is 0 Å². The summed E-state index contributed by atoms with van der Waals surface area (Å²) in [5.74, 6) is -0.381. The van der Waals surface area contributed by atoms with Crippen LogP contribution in [0.1, 0.15) is 6.92 Å². The lowest BCUT2D eigenvalue weighted by Crippen LogP contribution is -1.98. The second kappa shape index (κ2) is 5.09. The summed E-state index contributed by atoms with van der Waals surface area (Å²) < 4.78 is 4.59. The SMILES string of the molecule is C=CC(=O)OC/C=C/C. The molecule has 0 saturated heterocycles. The Kier molecular flexibility index (Phi) is 4.50. The van der Waals surface area contributed by atoms with Gasteiger partial charge >= 0.3 is 5.97 Å². The molecule has 0 saturated carbocycles. The van der Waals surface area contributed by atoms with Gasteiger partial charge in [-0.25, -0.2) is 4.79 Å². The Labute approximate surface area is 54.8 Å². The summed E-state index contributed by atoms with van der Waals surface area (Å²) in [5.41, 5.74) is 0. The molecule has 0 aromatic carbocycles. The van der Waals surface area contributed by atoms with Crippen molar-refractivity contribution < 1.29 is 9.53 Å². The molecule has 0 amide bonds. The molecule has 50 valence electrons. The lowest BCUT2D eigenvalue weighted by atomic mass is 10.5. The van der Waals surface area contributed by atoms with Crippen LogP contribution in [0.25, 0.3) is 0 Å². The fraction of sp³-hybridized carbons (Fsp3) is 0.286. The molecule has 0 unspecified atom stereocenters. The van der Waals surface area contributed by atoms with Crippen molar-refractivity contribution in [3.05, 3.63) is 24.8 Å². The average molecular weight is 126 g/mol. The molecule has 0 N–H and O–H groups in total. The van der Waals surface area contributed by atoms with Gasteiger partial charge in [0.1, 0.15) is 6.61 Å². The number of hydrogen-bond acceptors (Lipinski definition) is 2. The van der Waals surface area contributed by atoms with E-state index in [1.165, 1.54) is 0 Å². The molecule has 0 radical (unpaired) electrons. The van der Waals surface area contributed by atoms with Crippen LogP contribution in [0.5, 0.6) is 0 Å². The second-order valence-corrected chi connectivity index (χ2v) is 1.40. The van der Waals surface area contributed by atoms with Crippen LogP contribution in [0, 0.1) is 0 Å². The normalized spacial score (nSPS) is 9.44. The van der Waals surface area contributed by atoms with Crippen molar-refractivity contribution in [2.45, 2.75) is 6.92 Å². The molecule has 0 aliphatic rings. The molecule has 0 rings (SSSR count). The molecule has 0 aromatic rings. The van der Waals surface area contributed by atoms with Crippen molar-refractivity contribution in [1.29, 1.82) is 0 Å². The summed E-state index contributed by atoms with van der Waals surface area (Å²) >= 11 is 0. The average Bonchev–Trinajstić information content (AvgIpc) is 1.89. The van der Waals surface area contributed by atoms with Crippen molar-refractivity contribution in [2.75, 3.05) is 6.61 Å². The van der Waals surface area contributed by atoms with Crippen LogP contribution >= 0.6 is 0 Å². The molecule has 2 heteroatoms. The minimum absolute atomic E-state index is 0.335. The monoisotopic (exact) mass is 126 g/mol. The molecular formula is C7H10O2. The molecule has 0 spiro atoms. The Morgan fingerprint density at radius 3 is 2.89 bits per heavy atom. The van der Waals surface area contributed by atoms with Gasteiger partial charge in [-0.1, -0.05) is 18.7 Å². The fourth-order valence-corrected chi connectivity index (χ4v) is 0.285. The zero-order chi connectivity index (χ0) is 7.11. The quantitative estimate of drug-likeness (QED) is 0.323. The van der Waals surface area contributed by atoms with Gasteiger partial charge in [0.25, 0.3) is 0 Å². The predicted molar refractivity (Wildman–Crippen MR) is 36.0 cm³/mol. The number of carbonyl (C=O) groups is 1. The van der Waals surface area contributed by atoms with E-state index < -0.39 is 0 Å². The largest absolute Gasteiger partial charge is 0.458 e. The summed E-state index contributed by atoms with van der Waals surface area (Å²) in [6, 6.07) is 0. The van der Waals surface area contributed by atoms with Gasteiger partial charge in [-0.15, -0.1) is 0 Å². The Morgan fingerprint density at radius 2 is 2.44 bits per heavy atom. The van der Waals surface area contributed by atoms with E-state index in [0.29, 0.717) is 6.61 Å². The zero-order valence-electron chi connectivity index (χ0n) is 5.46. The molecule has 9 heavy (non-hydrogen) atoms. The van der Waals surface area contributed by atoms with Crippen molar-refractivity contribution in [3.8, 4) is 0 Å². The number of hydrogen-bond donors (Lipinski definition) is 0. The fourth-order valence-electron chi connectivity index (χ4n) is 0.285. The van der Waals surface area contributed by atoms with E-state index in [9.17, 15) is 4.79 Å². The third-order valence-electron chi connectivity index (χ3n) is 0.724. The van der Waals surface area contributed by atoms with Gasteiger partial charge in [-0.2, -0.15) is 0 Å². The zero-order valence-corrected chi connectivity index (χ0v) is 5.46. The summed E-state index contributed by atoms with van der Waals surface area (Å²) in [5, 5.41) is 0. The lowest BCUT2D eigenvalue weighted by molar-refractivity contribution is -0.136. The van der Waals surface area contributed by atoms with Crippen molar-refractivity contribution in [3.63, 3.8) is 0 Å². The van der Waals surface area contributed by atoms with Crippen molar-refractivity contribution in [2.24, 2.45) is 0 Å². The van der Waals surface area contributed by atoms with Gasteiger partial charge < -0.3 is 4.74 Å². The maximum atomic E-state index is 10.3. The Hall–Kier alpha value is -1.05. The van der Waals surface area contributed by atoms with Gasteiger partial charge in [-0.05, 0) is 6.92 Å². The Bertz CT molecular complexity index is 125. The highest BCUT2D eigenvalue weighted by Crippen LogP contribution is 1.79. The summed E-state index contributed by atoms with van der Waals surface area (Å²) in [6.45, 7) is 5.44. The van der Waals surface area contributed by atoms with Gasteiger partial charge in [0, 0.05) is 6.08 Å². The van der Waals surface area contributed by atoms with Crippen LogP contribution in [-0.4, -0.2) is 12.6 Å². The minimum atomic E-state index is -0.381. The maximum absolute atomic E-state index is 10.3. The number of esters is 1. The maximum Gasteiger partial charge on any atom is 0.330 e. The molecule has 0 bridgehead atoms. The van der Waals surface area contributed by atoms with E-state index in [1.807, 2.05) is 13.0 Å². The van der Waals surface area contributed by atoms with E-state index in [4.69, 9.17) is 0 Å². The second-order valence-electron chi connectivity index (χ2n) is 1.40. The number of ether oxygens (including phenoxy) is 1. The highest BCUT2D eigenvalue weighted by molar-refractivity contribution is 5.81. The summed E-state index contributed by atoms with van der Waals surface area (Å²) in [7, 11) is 0. The molecule has 0 fully saturated rings. The molecule has 0 aromatic heterocycles. The summed E-state index contributed by atoms with van der Waals surface area (Å²) in [6.07, 6.45) is 4.71. The highest BCUT2D eigenvalue weighted by atomic mass is 16.5. The molecule has 0 aliphatic heterocycles. The van der Waals surface area contributed by atoms with E-state index in [2.05, 4.69) is 11.3 Å². The number of carbonyl (C=O) groups excluding carboxylic acids is 1. The van der Waals surface area contributed by atoms with Gasteiger partial charge in [0.15, 0.2) is 0 Å². The molecule has 0 heterocycles. The first-order valence-electron chi connectivity index (χ1n) is 2.71. The molecule has 0 atom stereocenters. The first kappa shape index (κ1) is 7.95. The van der Waals surface area contributed by atoms with Crippen molar-refractivity contribution >= 4 is 5.97 Å². The van der Waals surface area contributed by atoms with Crippen LogP contribution in [0.4, 0.5) is 0 Å². The Balaban J connectivity index is 3.27. The minimum Gasteiger partial charge on any atom is -0.458 e. The van der Waals surface area contributed by atoms with Crippen LogP contribution < -0.4 is 0 Å². The summed E-state index contributed by atoms with van der Waals surface area (Å²) in [4.78, 5) is 10.3. The topological polar surface area (TPSA) is 26.3 Å². The first-order valence-corrected chi connectivity index (χ1v) is 2.71. The van der Waals surface area contributed by atoms with E-state index in [0.717, 1.165) is 6.08 Å². The molecule has 2 nitrogen and oxygen atoms in total. The van der Waals surface area contributed by atoms with E-state index in [1.54, 1.807) is 6.08 Å². The number of allylic oxidation sites excluding steroid dienone is 1. The highest BCUT2D eigenvalue weighted by Gasteiger charge is 1.88. The van der Waals surface area contributed by atoms with Gasteiger partial charge in [-0.3, -0.25) is 0 Å². The number of rotatable bonds is 3.